The van der Waals surface area contributed by atoms with E-state index in [1.807, 2.05) is 6.92 Å². The molecule has 186 valence electrons. The third kappa shape index (κ3) is 5.80. The number of hydrogen-bond donors (Lipinski definition) is 2. The first-order chi connectivity index (χ1) is 17.2. The zero-order chi connectivity index (χ0) is 25.7. The number of ether oxygens (including phenoxy) is 1. The second-order valence-corrected chi connectivity index (χ2v) is 7.88. The van der Waals surface area contributed by atoms with Crippen molar-refractivity contribution >= 4 is 28.7 Å². The molecule has 0 fully saturated rings. The zero-order valence-electron chi connectivity index (χ0n) is 19.2. The van der Waals surface area contributed by atoms with Crippen LogP contribution in [0.3, 0.4) is 0 Å². The van der Waals surface area contributed by atoms with Gasteiger partial charge in [-0.1, -0.05) is 19.1 Å². The van der Waals surface area contributed by atoms with Crippen LogP contribution in [0.25, 0.3) is 11.0 Å². The van der Waals surface area contributed by atoms with E-state index in [0.29, 0.717) is 34.6 Å². The molecule has 0 unspecified atom stereocenters. The number of benzene rings is 2. The van der Waals surface area contributed by atoms with E-state index in [9.17, 15) is 22.8 Å². The minimum absolute atomic E-state index is 0.0713. The number of alkyl halides is 3. The highest BCUT2D eigenvalue weighted by Crippen LogP contribution is 2.30. The molecule has 2 N–H and O–H groups in total. The van der Waals surface area contributed by atoms with E-state index in [1.165, 1.54) is 23.0 Å². The van der Waals surface area contributed by atoms with Crippen molar-refractivity contribution in [2.75, 3.05) is 11.9 Å². The van der Waals surface area contributed by atoms with Gasteiger partial charge >= 0.3 is 12.2 Å². The van der Waals surface area contributed by atoms with Crippen molar-refractivity contribution in [2.45, 2.75) is 25.9 Å². The van der Waals surface area contributed by atoms with Crippen molar-refractivity contribution < 1.29 is 27.5 Å². The van der Waals surface area contributed by atoms with Gasteiger partial charge in [-0.2, -0.15) is 13.2 Å². The molecule has 0 saturated carbocycles. The minimum atomic E-state index is -4.42. The van der Waals surface area contributed by atoms with Gasteiger partial charge in [-0.25, -0.2) is 14.8 Å². The summed E-state index contributed by atoms with van der Waals surface area (Å²) in [5, 5.41) is 6.04. The zero-order valence-corrected chi connectivity index (χ0v) is 19.2. The molecule has 0 spiro atoms. The summed E-state index contributed by atoms with van der Waals surface area (Å²) in [7, 11) is 0. The lowest BCUT2D eigenvalue weighted by atomic mass is 10.1. The molecule has 0 bridgehead atoms. The Bertz CT molecular complexity index is 1370. The van der Waals surface area contributed by atoms with Crippen molar-refractivity contribution in [3.63, 3.8) is 0 Å². The van der Waals surface area contributed by atoms with E-state index >= 15 is 0 Å². The standard InChI is InChI=1S/C25H22F3N5O3/c1-2-12-29-24(35)33-13-11-20-22(33)30-15-31-23(20)36-19-9-7-18(8-10-19)32-21(34)14-16-3-5-17(6-4-16)25(26,27)28/h3-11,13,15H,2,12,14H2,1H3,(H,29,35)(H,32,34). The number of nitrogens with zero attached hydrogens (tertiary/aromatic N) is 3. The van der Waals surface area contributed by atoms with E-state index in [4.69, 9.17) is 4.74 Å². The lowest BCUT2D eigenvalue weighted by Crippen LogP contribution is -2.28. The Kier molecular flexibility index (Phi) is 7.18. The van der Waals surface area contributed by atoms with Crippen molar-refractivity contribution in [3.05, 3.63) is 78.2 Å². The van der Waals surface area contributed by atoms with Crippen LogP contribution in [0.2, 0.25) is 0 Å². The highest BCUT2D eigenvalue weighted by molar-refractivity contribution is 5.93. The van der Waals surface area contributed by atoms with Crippen LogP contribution in [0.15, 0.2) is 67.1 Å². The second kappa shape index (κ2) is 10.5. The number of fused-ring (bicyclic) bond motifs is 1. The van der Waals surface area contributed by atoms with Gasteiger partial charge in [0.15, 0.2) is 5.65 Å². The van der Waals surface area contributed by atoms with Gasteiger partial charge in [0.25, 0.3) is 0 Å². The first-order valence-electron chi connectivity index (χ1n) is 11.1. The van der Waals surface area contributed by atoms with Gasteiger partial charge in [0.2, 0.25) is 11.8 Å². The SMILES string of the molecule is CCCNC(=O)n1ccc2c(Oc3ccc(NC(=O)Cc4ccc(C(F)(F)F)cc4)cc3)ncnc21. The smallest absolute Gasteiger partial charge is 0.416 e. The molecule has 36 heavy (non-hydrogen) atoms. The maximum absolute atomic E-state index is 12.7. The lowest BCUT2D eigenvalue weighted by Gasteiger charge is -2.10. The molecule has 0 saturated heterocycles. The number of anilines is 1. The molecule has 2 aromatic carbocycles. The number of amides is 2. The van der Waals surface area contributed by atoms with Crippen LogP contribution in [0.1, 0.15) is 24.5 Å². The van der Waals surface area contributed by atoms with Crippen LogP contribution in [-0.4, -0.2) is 33.0 Å². The molecule has 4 aromatic rings. The fourth-order valence-corrected chi connectivity index (χ4v) is 3.41. The van der Waals surface area contributed by atoms with Crippen molar-refractivity contribution in [2.24, 2.45) is 0 Å². The second-order valence-electron chi connectivity index (χ2n) is 7.88. The molecule has 2 aromatic heterocycles. The molecule has 2 heterocycles. The predicted octanol–water partition coefficient (Wildman–Crippen LogP) is 5.39. The summed E-state index contributed by atoms with van der Waals surface area (Å²) in [4.78, 5) is 32.9. The summed E-state index contributed by atoms with van der Waals surface area (Å²) in [5.74, 6) is 0.337. The quantitative estimate of drug-likeness (QED) is 0.357. The van der Waals surface area contributed by atoms with Gasteiger partial charge in [0.05, 0.1) is 17.4 Å². The maximum Gasteiger partial charge on any atom is 0.416 e. The molecule has 2 amide bonds. The van der Waals surface area contributed by atoms with E-state index in [-0.39, 0.29) is 24.2 Å². The van der Waals surface area contributed by atoms with E-state index in [2.05, 4.69) is 20.6 Å². The molecule has 0 radical (unpaired) electrons. The third-order valence-corrected chi connectivity index (χ3v) is 5.19. The predicted molar refractivity (Wildman–Crippen MR) is 127 cm³/mol. The molecule has 4 rings (SSSR count). The Morgan fingerprint density at radius 1 is 1.00 bits per heavy atom. The number of rotatable bonds is 7. The highest BCUT2D eigenvalue weighted by atomic mass is 19.4. The maximum atomic E-state index is 12.7. The normalized spacial score (nSPS) is 11.3. The summed E-state index contributed by atoms with van der Waals surface area (Å²) in [6, 6.07) is 12.4. The summed E-state index contributed by atoms with van der Waals surface area (Å²) in [6.45, 7) is 2.50. The Morgan fingerprint density at radius 2 is 1.72 bits per heavy atom. The van der Waals surface area contributed by atoms with Crippen LogP contribution in [0.5, 0.6) is 11.6 Å². The summed E-state index contributed by atoms with van der Waals surface area (Å²) >= 11 is 0. The Balaban J connectivity index is 1.39. The minimum Gasteiger partial charge on any atom is -0.438 e. The molecule has 8 nitrogen and oxygen atoms in total. The van der Waals surface area contributed by atoms with E-state index in [1.54, 1.807) is 36.5 Å². The Morgan fingerprint density at radius 3 is 2.39 bits per heavy atom. The van der Waals surface area contributed by atoms with Crippen LogP contribution in [0, 0.1) is 0 Å². The lowest BCUT2D eigenvalue weighted by molar-refractivity contribution is -0.137. The Hall–Kier alpha value is -4.41. The monoisotopic (exact) mass is 497 g/mol. The van der Waals surface area contributed by atoms with Gasteiger partial charge in [0.1, 0.15) is 12.1 Å². The van der Waals surface area contributed by atoms with Crippen LogP contribution in [-0.2, 0) is 17.4 Å². The summed E-state index contributed by atoms with van der Waals surface area (Å²) < 4.78 is 45.3. The summed E-state index contributed by atoms with van der Waals surface area (Å²) in [6.07, 6.45) is -0.795. The number of aromatic nitrogens is 3. The number of hydrogen-bond acceptors (Lipinski definition) is 5. The molecule has 11 heteroatoms. The van der Waals surface area contributed by atoms with Gasteiger partial charge in [0, 0.05) is 18.4 Å². The van der Waals surface area contributed by atoms with Crippen LogP contribution < -0.4 is 15.4 Å². The first-order valence-corrected chi connectivity index (χ1v) is 11.1. The van der Waals surface area contributed by atoms with Crippen LogP contribution >= 0.6 is 0 Å². The van der Waals surface area contributed by atoms with E-state index in [0.717, 1.165) is 18.6 Å². The average Bonchev–Trinajstić information content (AvgIpc) is 3.29. The van der Waals surface area contributed by atoms with Crippen molar-refractivity contribution in [1.82, 2.24) is 19.9 Å². The fourth-order valence-electron chi connectivity index (χ4n) is 3.41. The van der Waals surface area contributed by atoms with E-state index < -0.39 is 11.7 Å². The topological polar surface area (TPSA) is 98.1 Å². The highest BCUT2D eigenvalue weighted by Gasteiger charge is 2.30. The van der Waals surface area contributed by atoms with Crippen molar-refractivity contribution in [3.8, 4) is 11.6 Å². The van der Waals surface area contributed by atoms with Gasteiger partial charge in [-0.3, -0.25) is 9.36 Å². The molecular formula is C25H22F3N5O3. The molecule has 0 aliphatic heterocycles. The molecular weight excluding hydrogens is 475 g/mol. The molecule has 0 atom stereocenters. The number of carbonyl (C=O) groups is 2. The van der Waals surface area contributed by atoms with Crippen molar-refractivity contribution in [1.29, 1.82) is 0 Å². The fraction of sp³-hybridized carbons (Fsp3) is 0.200. The number of carbonyl (C=O) groups excluding carboxylic acids is 2. The van der Waals surface area contributed by atoms with Gasteiger partial charge in [-0.05, 0) is 54.4 Å². The summed E-state index contributed by atoms with van der Waals surface area (Å²) in [5.41, 5.74) is 0.592. The average molecular weight is 497 g/mol. The van der Waals surface area contributed by atoms with Crippen LogP contribution in [0.4, 0.5) is 23.7 Å². The number of nitrogens with one attached hydrogen (secondary N) is 2. The van der Waals surface area contributed by atoms with Gasteiger partial charge in [-0.15, -0.1) is 0 Å². The Labute approximate surface area is 204 Å². The molecule has 0 aliphatic carbocycles. The largest absolute Gasteiger partial charge is 0.438 e. The van der Waals surface area contributed by atoms with Gasteiger partial charge < -0.3 is 15.4 Å². The first kappa shape index (κ1) is 24.7. The molecule has 0 aliphatic rings. The third-order valence-electron chi connectivity index (χ3n) is 5.19. The number of halogens is 3.